The van der Waals surface area contributed by atoms with Crippen LogP contribution in [0.2, 0.25) is 0 Å². The maximum Gasteiger partial charge on any atom is 0.406 e. The highest BCUT2D eigenvalue weighted by molar-refractivity contribution is 5.94. The summed E-state index contributed by atoms with van der Waals surface area (Å²) in [6.07, 6.45) is -4.49. The lowest BCUT2D eigenvalue weighted by Gasteiger charge is -2.23. The molecule has 0 aliphatic rings. The fraction of sp³-hybridized carbons (Fsp3) is 0.417. The van der Waals surface area contributed by atoms with Crippen LogP contribution in [0.25, 0.3) is 0 Å². The molecule has 2 N–H and O–H groups in total. The number of benzene rings is 1. The van der Waals surface area contributed by atoms with Crippen LogP contribution in [0.1, 0.15) is 10.4 Å². The highest BCUT2D eigenvalue weighted by Gasteiger charge is 2.33. The van der Waals surface area contributed by atoms with Gasteiger partial charge in [0.05, 0.1) is 6.61 Å². The smallest absolute Gasteiger partial charge is 0.395 e. The van der Waals surface area contributed by atoms with Gasteiger partial charge in [0.1, 0.15) is 6.54 Å². The molecule has 0 spiro atoms. The maximum atomic E-state index is 12.3. The number of rotatable bonds is 5. The molecule has 4 nitrogen and oxygen atoms in total. The monoisotopic (exact) mass is 276 g/mol. The van der Waals surface area contributed by atoms with Gasteiger partial charge in [-0.1, -0.05) is 0 Å². The number of nitrogens with one attached hydrogen (secondary N) is 1. The number of alkyl halides is 3. The van der Waals surface area contributed by atoms with Gasteiger partial charge in [-0.2, -0.15) is 13.2 Å². The van der Waals surface area contributed by atoms with Crippen molar-refractivity contribution < 1.29 is 23.1 Å². The van der Waals surface area contributed by atoms with E-state index in [1.807, 2.05) is 0 Å². The summed E-state index contributed by atoms with van der Waals surface area (Å²) in [5.74, 6) is -0.756. The van der Waals surface area contributed by atoms with Crippen molar-refractivity contribution in [3.8, 4) is 0 Å². The normalized spacial score (nSPS) is 11.2. The molecule has 19 heavy (non-hydrogen) atoms. The summed E-state index contributed by atoms with van der Waals surface area (Å²) in [5.41, 5.74) is 0.901. The number of anilines is 1. The van der Waals surface area contributed by atoms with Crippen LogP contribution in [-0.2, 0) is 0 Å². The summed E-state index contributed by atoms with van der Waals surface area (Å²) in [6, 6.07) is 6.07. The minimum absolute atomic E-state index is 0.150. The topological polar surface area (TPSA) is 52.6 Å². The lowest BCUT2D eigenvalue weighted by Crippen LogP contribution is -2.40. The molecule has 0 radical (unpaired) electrons. The minimum Gasteiger partial charge on any atom is -0.395 e. The minimum atomic E-state index is -4.49. The van der Waals surface area contributed by atoms with Crippen LogP contribution in [0.15, 0.2) is 24.3 Å². The summed E-state index contributed by atoms with van der Waals surface area (Å²) < 4.78 is 37.0. The van der Waals surface area contributed by atoms with Crippen molar-refractivity contribution >= 4 is 11.6 Å². The molecule has 1 amide bonds. The Bertz CT molecular complexity index is 418. The number of nitrogens with zero attached hydrogens (tertiary/aromatic N) is 1. The summed E-state index contributed by atoms with van der Waals surface area (Å²) in [7, 11) is 1.69. The fourth-order valence-electron chi connectivity index (χ4n) is 1.55. The first-order chi connectivity index (χ1) is 8.87. The van der Waals surface area contributed by atoms with Gasteiger partial charge in [0, 0.05) is 24.8 Å². The molecule has 1 aromatic carbocycles. The predicted octanol–water partition coefficient (Wildman–Crippen LogP) is 1.73. The summed E-state index contributed by atoms with van der Waals surface area (Å²) in [6.45, 7) is -2.25. The first-order valence-electron chi connectivity index (χ1n) is 5.62. The number of hydrogen-bond acceptors (Lipinski definition) is 3. The van der Waals surface area contributed by atoms with E-state index in [9.17, 15) is 18.0 Å². The molecular weight excluding hydrogens is 261 g/mol. The predicted molar refractivity (Wildman–Crippen MR) is 65.0 cm³/mol. The molecule has 0 aliphatic carbocycles. The third kappa shape index (κ3) is 4.78. The second-order valence-corrected chi connectivity index (χ2v) is 3.89. The Morgan fingerprint density at radius 1 is 1.32 bits per heavy atom. The third-order valence-corrected chi connectivity index (χ3v) is 2.45. The van der Waals surface area contributed by atoms with Gasteiger partial charge in [-0.15, -0.1) is 0 Å². The van der Waals surface area contributed by atoms with E-state index >= 15 is 0 Å². The maximum absolute atomic E-state index is 12.3. The number of halogens is 3. The van der Waals surface area contributed by atoms with Crippen LogP contribution >= 0.6 is 0 Å². The zero-order valence-corrected chi connectivity index (χ0v) is 10.4. The zero-order valence-electron chi connectivity index (χ0n) is 10.4. The number of amides is 1. The standard InChI is InChI=1S/C12H15F3N2O2/c1-16-10-4-2-9(3-5-10)11(19)17(6-7-18)8-12(13,14)15/h2-5,16,18H,6-8H2,1H3. The average molecular weight is 276 g/mol. The van der Waals surface area contributed by atoms with Crippen LogP contribution in [0.3, 0.4) is 0 Å². The van der Waals surface area contributed by atoms with E-state index in [4.69, 9.17) is 5.11 Å². The van der Waals surface area contributed by atoms with Gasteiger partial charge in [0.2, 0.25) is 0 Å². The summed E-state index contributed by atoms with van der Waals surface area (Å²) >= 11 is 0. The van der Waals surface area contributed by atoms with Gasteiger partial charge in [-0.25, -0.2) is 0 Å². The van der Waals surface area contributed by atoms with Gasteiger partial charge in [-0.05, 0) is 24.3 Å². The number of carbonyl (C=O) groups excluding carboxylic acids is 1. The average Bonchev–Trinajstić information content (AvgIpc) is 2.36. The summed E-state index contributed by atoms with van der Waals surface area (Å²) in [4.78, 5) is 12.5. The van der Waals surface area contributed by atoms with Gasteiger partial charge < -0.3 is 15.3 Å². The van der Waals surface area contributed by atoms with Gasteiger partial charge >= 0.3 is 6.18 Å². The third-order valence-electron chi connectivity index (χ3n) is 2.45. The van der Waals surface area contributed by atoms with Crippen molar-refractivity contribution in [1.82, 2.24) is 4.90 Å². The Balaban J connectivity index is 2.85. The molecule has 0 bridgehead atoms. The van der Waals surface area contributed by atoms with E-state index in [1.54, 1.807) is 19.2 Å². The van der Waals surface area contributed by atoms with E-state index in [0.717, 1.165) is 5.69 Å². The number of hydrogen-bond donors (Lipinski definition) is 2. The second kappa shape index (κ2) is 6.42. The number of aliphatic hydroxyl groups excluding tert-OH is 1. The molecule has 0 aromatic heterocycles. The molecule has 0 saturated heterocycles. The van der Waals surface area contributed by atoms with Crippen LogP contribution in [-0.4, -0.2) is 48.8 Å². The highest BCUT2D eigenvalue weighted by Crippen LogP contribution is 2.18. The van der Waals surface area contributed by atoms with Crippen LogP contribution in [0, 0.1) is 0 Å². The van der Waals surface area contributed by atoms with Crippen LogP contribution < -0.4 is 5.32 Å². The lowest BCUT2D eigenvalue weighted by atomic mass is 10.2. The van der Waals surface area contributed by atoms with E-state index in [-0.39, 0.29) is 12.1 Å². The molecule has 0 saturated carbocycles. The molecule has 7 heteroatoms. The van der Waals surface area contributed by atoms with Crippen molar-refractivity contribution in [2.75, 3.05) is 32.1 Å². The molecule has 1 rings (SSSR count). The fourth-order valence-corrected chi connectivity index (χ4v) is 1.55. The van der Waals surface area contributed by atoms with E-state index in [1.165, 1.54) is 12.1 Å². The Kier molecular flexibility index (Phi) is 5.17. The second-order valence-electron chi connectivity index (χ2n) is 3.89. The molecular formula is C12H15F3N2O2. The molecule has 0 fully saturated rings. The quantitative estimate of drug-likeness (QED) is 0.861. The van der Waals surface area contributed by atoms with Gasteiger partial charge in [0.15, 0.2) is 0 Å². The molecule has 0 aliphatic heterocycles. The molecule has 0 heterocycles. The van der Waals surface area contributed by atoms with Crippen molar-refractivity contribution in [1.29, 1.82) is 0 Å². The highest BCUT2D eigenvalue weighted by atomic mass is 19.4. The zero-order chi connectivity index (χ0) is 14.5. The molecule has 0 unspecified atom stereocenters. The van der Waals surface area contributed by atoms with Gasteiger partial charge in [0.25, 0.3) is 5.91 Å². The molecule has 1 aromatic rings. The number of aliphatic hydroxyl groups is 1. The largest absolute Gasteiger partial charge is 0.406 e. The Hall–Kier alpha value is -1.76. The number of carbonyl (C=O) groups is 1. The van der Waals surface area contributed by atoms with Crippen molar-refractivity contribution in [2.24, 2.45) is 0 Å². The SMILES string of the molecule is CNc1ccc(C(=O)N(CCO)CC(F)(F)F)cc1. The van der Waals surface area contributed by atoms with E-state index in [0.29, 0.717) is 4.90 Å². The van der Waals surface area contributed by atoms with Crippen LogP contribution in [0.5, 0.6) is 0 Å². The van der Waals surface area contributed by atoms with Crippen molar-refractivity contribution in [3.63, 3.8) is 0 Å². The van der Waals surface area contributed by atoms with Crippen molar-refractivity contribution in [3.05, 3.63) is 29.8 Å². The first kappa shape index (κ1) is 15.3. The van der Waals surface area contributed by atoms with Crippen molar-refractivity contribution in [2.45, 2.75) is 6.18 Å². The molecule has 0 atom stereocenters. The lowest BCUT2D eigenvalue weighted by molar-refractivity contribution is -0.141. The van der Waals surface area contributed by atoms with E-state index in [2.05, 4.69) is 5.32 Å². The Morgan fingerprint density at radius 3 is 2.32 bits per heavy atom. The first-order valence-corrected chi connectivity index (χ1v) is 5.62. The Labute approximate surface area is 108 Å². The van der Waals surface area contributed by atoms with Gasteiger partial charge in [-0.3, -0.25) is 4.79 Å². The van der Waals surface area contributed by atoms with Crippen LogP contribution in [0.4, 0.5) is 18.9 Å². The molecule has 106 valence electrons. The summed E-state index contributed by atoms with van der Waals surface area (Å²) in [5, 5.41) is 11.6. The van der Waals surface area contributed by atoms with E-state index < -0.39 is 25.2 Å². The Morgan fingerprint density at radius 2 is 1.89 bits per heavy atom.